The lowest BCUT2D eigenvalue weighted by Crippen LogP contribution is -2.06. The second-order valence-electron chi connectivity index (χ2n) is 2.45. The van der Waals surface area contributed by atoms with Crippen LogP contribution in [0.15, 0.2) is 0 Å². The van der Waals surface area contributed by atoms with E-state index in [9.17, 15) is 0 Å². The van der Waals surface area contributed by atoms with Crippen LogP contribution in [0.5, 0.6) is 0 Å². The minimum atomic E-state index is 0.00849. The molecule has 1 fully saturated rings. The lowest BCUT2D eigenvalue weighted by atomic mass is 10.4. The molecular weight excluding hydrogens is 156 g/mol. The summed E-state index contributed by atoms with van der Waals surface area (Å²) in [6.07, 6.45) is 2.75. The third-order valence-electron chi connectivity index (χ3n) is 1.49. The summed E-state index contributed by atoms with van der Waals surface area (Å²) in [4.78, 5) is 0. The molecule has 0 aliphatic carbocycles. The highest BCUT2D eigenvalue weighted by molar-refractivity contribution is 6.27. The van der Waals surface area contributed by atoms with Crippen LogP contribution >= 0.6 is 0 Å². The molecule has 0 N–H and O–H groups in total. The van der Waals surface area contributed by atoms with Gasteiger partial charge in [-0.25, -0.2) is 0 Å². The Morgan fingerprint density at radius 2 is 2.00 bits per heavy atom. The summed E-state index contributed by atoms with van der Waals surface area (Å²) >= 11 is 0. The molecule has 0 bridgehead atoms. The quantitative estimate of drug-likeness (QED) is 0.591. The van der Waals surface area contributed by atoms with Gasteiger partial charge in [0.15, 0.2) is 9.76 Å². The molecule has 68 valence electrons. The van der Waals surface area contributed by atoms with Crippen LogP contribution in [-0.2, 0) is 9.16 Å². The van der Waals surface area contributed by atoms with Crippen molar-refractivity contribution in [3.05, 3.63) is 0 Å². The molecule has 3 heteroatoms. The molecule has 0 saturated carbocycles. The molecule has 1 rings (SSSR count). The van der Waals surface area contributed by atoms with Gasteiger partial charge in [0.05, 0.1) is 0 Å². The van der Waals surface area contributed by atoms with E-state index < -0.39 is 0 Å². The van der Waals surface area contributed by atoms with E-state index in [1.807, 2.05) is 13.8 Å². The standard InChI is InChI=1S/C4H10OSi.C4H10O/c1-2-4-6-5-3-1;1-3-5-4-2/h1-4,6H2;3-4H2,1-2H3. The van der Waals surface area contributed by atoms with Crippen molar-refractivity contribution >= 4 is 9.76 Å². The van der Waals surface area contributed by atoms with Gasteiger partial charge in [0.2, 0.25) is 0 Å². The normalized spacial score (nSPS) is 19.1. The minimum absolute atomic E-state index is 0.00849. The van der Waals surface area contributed by atoms with Crippen LogP contribution in [0.1, 0.15) is 26.7 Å². The first kappa shape index (κ1) is 11.1. The van der Waals surface area contributed by atoms with Crippen LogP contribution < -0.4 is 0 Å². The van der Waals surface area contributed by atoms with Crippen LogP contribution in [0.4, 0.5) is 0 Å². The lowest BCUT2D eigenvalue weighted by molar-refractivity contribution is 0.162. The van der Waals surface area contributed by atoms with Gasteiger partial charge < -0.3 is 9.16 Å². The molecule has 0 aromatic heterocycles. The number of rotatable bonds is 2. The molecule has 2 nitrogen and oxygen atoms in total. The van der Waals surface area contributed by atoms with E-state index in [0.29, 0.717) is 0 Å². The lowest BCUT2D eigenvalue weighted by Gasteiger charge is -2.07. The van der Waals surface area contributed by atoms with Crippen molar-refractivity contribution in [3.8, 4) is 0 Å². The minimum Gasteiger partial charge on any atom is -0.424 e. The molecule has 0 unspecified atom stereocenters. The molecule has 0 aromatic carbocycles. The molecule has 0 spiro atoms. The molecule has 0 radical (unpaired) electrons. The van der Waals surface area contributed by atoms with E-state index in [1.165, 1.54) is 18.9 Å². The largest absolute Gasteiger partial charge is 0.424 e. The van der Waals surface area contributed by atoms with Crippen LogP contribution in [-0.4, -0.2) is 29.6 Å². The first-order valence-corrected chi connectivity index (χ1v) is 6.15. The zero-order chi connectivity index (χ0) is 8.36. The zero-order valence-electron chi connectivity index (χ0n) is 7.77. The van der Waals surface area contributed by atoms with Gasteiger partial charge in [-0.05, 0) is 26.3 Å². The molecule has 1 aliphatic rings. The fourth-order valence-corrected chi connectivity index (χ4v) is 2.06. The number of hydrogen-bond acceptors (Lipinski definition) is 2. The maximum atomic E-state index is 5.21. The van der Waals surface area contributed by atoms with E-state index in [1.54, 1.807) is 0 Å². The monoisotopic (exact) mass is 176 g/mol. The van der Waals surface area contributed by atoms with Crippen molar-refractivity contribution in [1.29, 1.82) is 0 Å². The first-order chi connectivity index (χ1) is 5.41. The summed E-state index contributed by atoms with van der Waals surface area (Å²) in [5.74, 6) is 0. The third-order valence-corrected chi connectivity index (χ3v) is 2.85. The summed E-state index contributed by atoms with van der Waals surface area (Å²) in [6.45, 7) is 6.73. The summed E-state index contributed by atoms with van der Waals surface area (Å²) < 4.78 is 10.0. The first-order valence-electron chi connectivity index (χ1n) is 4.57. The maximum Gasteiger partial charge on any atom is 0.161 e. The topological polar surface area (TPSA) is 18.5 Å². The highest BCUT2D eigenvalue weighted by Gasteiger charge is 1.96. The van der Waals surface area contributed by atoms with Gasteiger partial charge in [-0.15, -0.1) is 0 Å². The summed E-state index contributed by atoms with van der Waals surface area (Å²) in [6, 6.07) is 1.42. The van der Waals surface area contributed by atoms with Gasteiger partial charge >= 0.3 is 0 Å². The Balaban J connectivity index is 0.000000187. The van der Waals surface area contributed by atoms with E-state index in [2.05, 4.69) is 0 Å². The summed E-state index contributed by atoms with van der Waals surface area (Å²) in [5, 5.41) is 0. The summed E-state index contributed by atoms with van der Waals surface area (Å²) in [7, 11) is 0.00849. The Kier molecular flexibility index (Phi) is 10.3. The van der Waals surface area contributed by atoms with Gasteiger partial charge in [-0.2, -0.15) is 0 Å². The van der Waals surface area contributed by atoms with Crippen LogP contribution in [0, 0.1) is 0 Å². The SMILES string of the molecule is C1CC[SiH2]OC1.CCOCC. The van der Waals surface area contributed by atoms with Crippen molar-refractivity contribution in [1.82, 2.24) is 0 Å². The molecule has 1 heterocycles. The van der Waals surface area contributed by atoms with Crippen molar-refractivity contribution < 1.29 is 9.16 Å². The fourth-order valence-electron chi connectivity index (χ4n) is 0.891. The predicted molar refractivity (Wildman–Crippen MR) is 50.7 cm³/mol. The average molecular weight is 176 g/mol. The van der Waals surface area contributed by atoms with Gasteiger partial charge in [0.1, 0.15) is 0 Å². The van der Waals surface area contributed by atoms with E-state index in [4.69, 9.17) is 9.16 Å². The predicted octanol–water partition coefficient (Wildman–Crippen LogP) is 1.34. The number of ether oxygens (including phenoxy) is 1. The van der Waals surface area contributed by atoms with E-state index in [0.717, 1.165) is 19.8 Å². The van der Waals surface area contributed by atoms with Gasteiger partial charge in [0.25, 0.3) is 0 Å². The third kappa shape index (κ3) is 10.1. The zero-order valence-corrected chi connectivity index (χ0v) is 9.18. The molecule has 0 amide bonds. The summed E-state index contributed by atoms with van der Waals surface area (Å²) in [5.41, 5.74) is 0. The van der Waals surface area contributed by atoms with Crippen molar-refractivity contribution in [2.45, 2.75) is 32.7 Å². The van der Waals surface area contributed by atoms with Crippen molar-refractivity contribution in [2.24, 2.45) is 0 Å². The van der Waals surface area contributed by atoms with Crippen molar-refractivity contribution in [3.63, 3.8) is 0 Å². The molecule has 11 heavy (non-hydrogen) atoms. The Hall–Kier alpha value is 0.137. The molecular formula is C8H20O2Si. The molecule has 0 aromatic rings. The van der Waals surface area contributed by atoms with Gasteiger partial charge in [0, 0.05) is 19.8 Å². The Morgan fingerprint density at radius 3 is 2.09 bits per heavy atom. The highest BCUT2D eigenvalue weighted by atomic mass is 28.2. The van der Waals surface area contributed by atoms with Crippen LogP contribution in [0.25, 0.3) is 0 Å². The van der Waals surface area contributed by atoms with E-state index >= 15 is 0 Å². The van der Waals surface area contributed by atoms with Gasteiger partial charge in [-0.1, -0.05) is 6.42 Å². The second kappa shape index (κ2) is 10.1. The Morgan fingerprint density at radius 1 is 1.27 bits per heavy atom. The van der Waals surface area contributed by atoms with Crippen LogP contribution in [0.2, 0.25) is 6.04 Å². The maximum absolute atomic E-state index is 5.21. The highest BCUT2D eigenvalue weighted by Crippen LogP contribution is 2.01. The smallest absolute Gasteiger partial charge is 0.161 e. The Labute approximate surface area is 72.2 Å². The molecule has 1 aliphatic heterocycles. The second-order valence-corrected chi connectivity index (χ2v) is 3.98. The van der Waals surface area contributed by atoms with Crippen LogP contribution in [0.3, 0.4) is 0 Å². The number of hydrogen-bond donors (Lipinski definition) is 0. The fraction of sp³-hybridized carbons (Fsp3) is 1.00. The molecule has 0 atom stereocenters. The van der Waals surface area contributed by atoms with Gasteiger partial charge in [-0.3, -0.25) is 0 Å². The molecule has 1 saturated heterocycles. The Bertz CT molecular complexity index is 51.6. The van der Waals surface area contributed by atoms with E-state index in [-0.39, 0.29) is 9.76 Å². The average Bonchev–Trinajstić information content (AvgIpc) is 2.10. The van der Waals surface area contributed by atoms with Crippen molar-refractivity contribution in [2.75, 3.05) is 19.8 Å².